The molecule has 0 spiro atoms. The Kier molecular flexibility index (Phi) is 3.09. The van der Waals surface area contributed by atoms with Crippen molar-refractivity contribution in [1.29, 1.82) is 10.5 Å². The van der Waals surface area contributed by atoms with Crippen LogP contribution in [-0.4, -0.2) is 4.57 Å². The van der Waals surface area contributed by atoms with E-state index >= 15 is 0 Å². The molecule has 5 heteroatoms. The van der Waals surface area contributed by atoms with Gasteiger partial charge in [-0.3, -0.25) is 0 Å². The molecule has 0 amide bonds. The number of hydrogen-bond donors (Lipinski definition) is 0. The molecule has 1 aromatic heterocycles. The van der Waals surface area contributed by atoms with Gasteiger partial charge in [0.25, 0.3) is 0 Å². The zero-order valence-corrected chi connectivity index (χ0v) is 7.95. The number of aryl methyl sites for hydroxylation is 1. The smallest absolute Gasteiger partial charge is 0.140 e. The Morgan fingerprint density at radius 3 is 2.58 bits per heavy atom. The van der Waals surface area contributed by atoms with Gasteiger partial charge in [-0.15, -0.1) is 0 Å². The highest BCUT2D eigenvalue weighted by molar-refractivity contribution is 8.06. The Morgan fingerprint density at radius 1 is 1.33 bits per heavy atom. The number of thioether (sulfide) groups is 2. The minimum atomic E-state index is 0.823. The van der Waals surface area contributed by atoms with Gasteiger partial charge < -0.3 is 4.57 Å². The minimum Gasteiger partial charge on any atom is -0.344 e. The molecule has 60 valence electrons. The first-order chi connectivity index (χ1) is 5.79. The molecule has 0 fully saturated rings. The highest BCUT2D eigenvalue weighted by atomic mass is 32.2. The van der Waals surface area contributed by atoms with Gasteiger partial charge in [0.2, 0.25) is 0 Å². The quantitative estimate of drug-likeness (QED) is 0.536. The van der Waals surface area contributed by atoms with Crippen LogP contribution in [0.4, 0.5) is 0 Å². The zero-order valence-electron chi connectivity index (χ0n) is 6.31. The second kappa shape index (κ2) is 4.10. The van der Waals surface area contributed by atoms with Crippen LogP contribution >= 0.6 is 23.5 Å². The molecular weight excluding hydrogens is 190 g/mol. The molecule has 1 aromatic rings. The van der Waals surface area contributed by atoms with Gasteiger partial charge in [-0.25, -0.2) is 0 Å². The largest absolute Gasteiger partial charge is 0.344 e. The molecule has 0 radical (unpaired) electrons. The fourth-order valence-electron chi connectivity index (χ4n) is 0.785. The summed E-state index contributed by atoms with van der Waals surface area (Å²) in [6, 6.07) is 1.83. The van der Waals surface area contributed by atoms with Crippen LogP contribution in [0, 0.1) is 21.3 Å². The topological polar surface area (TPSA) is 52.5 Å². The second-order valence-corrected chi connectivity index (χ2v) is 3.58. The van der Waals surface area contributed by atoms with Crippen LogP contribution < -0.4 is 0 Å². The van der Waals surface area contributed by atoms with Gasteiger partial charge in [-0.2, -0.15) is 10.5 Å². The summed E-state index contributed by atoms with van der Waals surface area (Å²) in [5, 5.41) is 21.7. The third-order valence-electron chi connectivity index (χ3n) is 1.28. The number of nitriles is 2. The molecule has 0 saturated carbocycles. The molecule has 0 saturated heterocycles. The van der Waals surface area contributed by atoms with Gasteiger partial charge in [0.1, 0.15) is 15.8 Å². The lowest BCUT2D eigenvalue weighted by Gasteiger charge is -1.96. The lowest BCUT2D eigenvalue weighted by Crippen LogP contribution is -1.85. The third kappa shape index (κ3) is 1.76. The van der Waals surface area contributed by atoms with Gasteiger partial charge in [0, 0.05) is 25.0 Å². The van der Waals surface area contributed by atoms with Crippen molar-refractivity contribution in [1.82, 2.24) is 4.57 Å². The third-order valence-corrected chi connectivity index (χ3v) is 2.84. The Morgan fingerprint density at radius 2 is 2.00 bits per heavy atom. The van der Waals surface area contributed by atoms with Crippen molar-refractivity contribution in [3.63, 3.8) is 0 Å². The molecule has 0 aliphatic heterocycles. The van der Waals surface area contributed by atoms with E-state index in [9.17, 15) is 0 Å². The van der Waals surface area contributed by atoms with Crippen LogP contribution in [0.25, 0.3) is 0 Å². The Bertz CT molecular complexity index is 356. The summed E-state index contributed by atoms with van der Waals surface area (Å²) in [6.45, 7) is 0. The number of nitrogens with zero attached hydrogens (tertiary/aromatic N) is 3. The van der Waals surface area contributed by atoms with Crippen LogP contribution in [-0.2, 0) is 7.05 Å². The highest BCUT2D eigenvalue weighted by Gasteiger charge is 2.07. The fourth-order valence-corrected chi connectivity index (χ4v) is 1.95. The van der Waals surface area contributed by atoms with Crippen molar-refractivity contribution < 1.29 is 0 Å². The second-order valence-electron chi connectivity index (χ2n) is 1.98. The van der Waals surface area contributed by atoms with Crippen molar-refractivity contribution in [2.45, 2.75) is 9.92 Å². The normalized spacial score (nSPS) is 8.92. The fraction of sp³-hybridized carbons (Fsp3) is 0.143. The van der Waals surface area contributed by atoms with E-state index in [1.54, 1.807) is 0 Å². The SMILES string of the molecule is Cn1ccc(SC#N)c1SC#N. The van der Waals surface area contributed by atoms with Crippen molar-refractivity contribution in [2.75, 3.05) is 0 Å². The van der Waals surface area contributed by atoms with E-state index < -0.39 is 0 Å². The van der Waals surface area contributed by atoms with Gasteiger partial charge in [-0.1, -0.05) is 0 Å². The summed E-state index contributed by atoms with van der Waals surface area (Å²) in [4.78, 5) is 0.839. The van der Waals surface area contributed by atoms with E-state index in [0.717, 1.165) is 33.4 Å². The summed E-state index contributed by atoms with van der Waals surface area (Å²) in [7, 11) is 1.85. The maximum atomic E-state index is 8.46. The van der Waals surface area contributed by atoms with E-state index in [1.807, 2.05) is 34.7 Å². The van der Waals surface area contributed by atoms with Gasteiger partial charge in [0.15, 0.2) is 0 Å². The van der Waals surface area contributed by atoms with E-state index in [-0.39, 0.29) is 0 Å². The minimum absolute atomic E-state index is 0.823. The first-order valence-corrected chi connectivity index (χ1v) is 4.70. The number of aromatic nitrogens is 1. The van der Waals surface area contributed by atoms with E-state index in [2.05, 4.69) is 0 Å². The molecule has 1 rings (SSSR count). The lowest BCUT2D eigenvalue weighted by atomic mass is 10.7. The molecule has 0 aliphatic carbocycles. The molecule has 0 aliphatic rings. The predicted molar refractivity (Wildman–Crippen MR) is 48.4 cm³/mol. The van der Waals surface area contributed by atoms with Crippen LogP contribution in [0.15, 0.2) is 22.2 Å². The van der Waals surface area contributed by atoms with Crippen molar-refractivity contribution in [2.24, 2.45) is 7.05 Å². The lowest BCUT2D eigenvalue weighted by molar-refractivity contribution is 0.810. The summed E-state index contributed by atoms with van der Waals surface area (Å²) in [6.07, 6.45) is 1.83. The Hall–Kier alpha value is -1.04. The number of rotatable bonds is 2. The molecule has 0 unspecified atom stereocenters. The molecule has 1 heterocycles. The monoisotopic (exact) mass is 195 g/mol. The molecular formula is C7H5N3S2. The van der Waals surface area contributed by atoms with Gasteiger partial charge >= 0.3 is 0 Å². The van der Waals surface area contributed by atoms with Crippen LogP contribution in [0.1, 0.15) is 0 Å². The highest BCUT2D eigenvalue weighted by Crippen LogP contribution is 2.30. The van der Waals surface area contributed by atoms with Crippen molar-refractivity contribution in [3.8, 4) is 10.8 Å². The Labute approximate surface area is 79.0 Å². The molecule has 0 bridgehead atoms. The maximum Gasteiger partial charge on any atom is 0.140 e. The predicted octanol–water partition coefficient (Wildman–Crippen LogP) is 2.17. The molecule has 0 atom stereocenters. The number of hydrogen-bond acceptors (Lipinski definition) is 4. The zero-order chi connectivity index (χ0) is 8.97. The Balaban J connectivity index is 2.99. The van der Waals surface area contributed by atoms with Gasteiger partial charge in [0.05, 0.1) is 4.90 Å². The molecule has 0 aromatic carbocycles. The van der Waals surface area contributed by atoms with Gasteiger partial charge in [-0.05, 0) is 17.8 Å². The van der Waals surface area contributed by atoms with Crippen LogP contribution in [0.5, 0.6) is 0 Å². The first-order valence-electron chi connectivity index (χ1n) is 3.06. The first kappa shape index (κ1) is 9.05. The summed E-state index contributed by atoms with van der Waals surface area (Å²) < 4.78 is 1.83. The number of thiocyanates is 2. The van der Waals surface area contributed by atoms with E-state index in [4.69, 9.17) is 10.5 Å². The van der Waals surface area contributed by atoms with E-state index in [0.29, 0.717) is 0 Å². The maximum absolute atomic E-state index is 8.46. The summed E-state index contributed by atoms with van der Waals surface area (Å²) >= 11 is 2.15. The summed E-state index contributed by atoms with van der Waals surface area (Å²) in [5.74, 6) is 0. The molecule has 0 N–H and O–H groups in total. The average Bonchev–Trinajstić information content (AvgIpc) is 2.37. The molecule has 3 nitrogen and oxygen atoms in total. The molecule has 12 heavy (non-hydrogen) atoms. The van der Waals surface area contributed by atoms with Crippen LogP contribution in [0.2, 0.25) is 0 Å². The van der Waals surface area contributed by atoms with Crippen molar-refractivity contribution in [3.05, 3.63) is 12.3 Å². The standard InChI is InChI=1S/C7H5N3S2/c1-10-3-2-6(11-4-8)7(10)12-5-9/h2-3H,1H3. The van der Waals surface area contributed by atoms with E-state index in [1.165, 1.54) is 0 Å². The average molecular weight is 195 g/mol. The summed E-state index contributed by atoms with van der Waals surface area (Å²) in [5.41, 5.74) is 0. The van der Waals surface area contributed by atoms with Crippen LogP contribution in [0.3, 0.4) is 0 Å². The van der Waals surface area contributed by atoms with Crippen molar-refractivity contribution >= 4 is 23.5 Å².